The Labute approximate surface area is 134 Å². The van der Waals surface area contributed by atoms with Gasteiger partial charge in [0.15, 0.2) is 0 Å². The minimum atomic E-state index is -0.731. The Hall–Kier alpha value is -2.66. The highest BCUT2D eigenvalue weighted by molar-refractivity contribution is 5.28. The van der Waals surface area contributed by atoms with Crippen LogP contribution in [0.4, 0.5) is 0 Å². The third-order valence-electron chi connectivity index (χ3n) is 3.64. The van der Waals surface area contributed by atoms with Gasteiger partial charge < -0.3 is 15.3 Å². The molecule has 0 bridgehead atoms. The van der Waals surface area contributed by atoms with Gasteiger partial charge in [-0.1, -0.05) is 42.5 Å². The summed E-state index contributed by atoms with van der Waals surface area (Å²) < 4.78 is 5.74. The van der Waals surface area contributed by atoms with Crippen molar-refractivity contribution >= 4 is 0 Å². The van der Waals surface area contributed by atoms with Crippen LogP contribution in [0.1, 0.15) is 29.8 Å². The fraction of sp³-hybridized carbons (Fsp3) is 0.222. The SMILES string of the molecule is C[C@](N)(Cc1ccccc1)c1nnc(Cc2cccc(O)c2)o1. The smallest absolute Gasteiger partial charge is 0.236 e. The van der Waals surface area contributed by atoms with E-state index in [0.717, 1.165) is 11.1 Å². The molecule has 1 aromatic heterocycles. The lowest BCUT2D eigenvalue weighted by Gasteiger charge is -2.20. The van der Waals surface area contributed by atoms with Gasteiger partial charge >= 0.3 is 0 Å². The van der Waals surface area contributed by atoms with Gasteiger partial charge in [0.1, 0.15) is 5.75 Å². The molecule has 5 heteroatoms. The Kier molecular flexibility index (Phi) is 4.12. The number of phenols is 1. The minimum Gasteiger partial charge on any atom is -0.508 e. The molecule has 0 amide bonds. The zero-order valence-electron chi connectivity index (χ0n) is 12.9. The Morgan fingerprint density at radius 2 is 1.78 bits per heavy atom. The second-order valence-corrected chi connectivity index (χ2v) is 5.93. The zero-order valence-corrected chi connectivity index (χ0v) is 12.9. The van der Waals surface area contributed by atoms with E-state index in [1.54, 1.807) is 18.2 Å². The van der Waals surface area contributed by atoms with Gasteiger partial charge in [-0.05, 0) is 36.6 Å². The summed E-state index contributed by atoms with van der Waals surface area (Å²) >= 11 is 0. The second kappa shape index (κ2) is 6.22. The van der Waals surface area contributed by atoms with Gasteiger partial charge in [-0.2, -0.15) is 0 Å². The normalized spacial score (nSPS) is 13.7. The summed E-state index contributed by atoms with van der Waals surface area (Å²) in [5, 5.41) is 17.7. The van der Waals surface area contributed by atoms with Crippen molar-refractivity contribution in [2.24, 2.45) is 5.73 Å². The molecule has 0 aliphatic carbocycles. The molecular formula is C18H19N3O2. The molecule has 0 saturated carbocycles. The van der Waals surface area contributed by atoms with Crippen molar-refractivity contribution in [3.8, 4) is 5.75 Å². The van der Waals surface area contributed by atoms with E-state index in [0.29, 0.717) is 24.6 Å². The topological polar surface area (TPSA) is 85.2 Å². The lowest BCUT2D eigenvalue weighted by molar-refractivity contribution is 0.339. The molecule has 0 aliphatic rings. The molecular weight excluding hydrogens is 290 g/mol. The highest BCUT2D eigenvalue weighted by atomic mass is 16.4. The average molecular weight is 309 g/mol. The molecule has 5 nitrogen and oxygen atoms in total. The molecule has 0 radical (unpaired) electrons. The van der Waals surface area contributed by atoms with E-state index >= 15 is 0 Å². The monoisotopic (exact) mass is 309 g/mol. The highest BCUT2D eigenvalue weighted by Crippen LogP contribution is 2.23. The minimum absolute atomic E-state index is 0.218. The maximum absolute atomic E-state index is 9.50. The molecule has 3 rings (SSSR count). The fourth-order valence-electron chi connectivity index (χ4n) is 2.49. The number of nitrogens with two attached hydrogens (primary N) is 1. The summed E-state index contributed by atoms with van der Waals surface area (Å²) in [6.45, 7) is 1.88. The first-order valence-electron chi connectivity index (χ1n) is 7.46. The Morgan fingerprint density at radius 1 is 1.04 bits per heavy atom. The van der Waals surface area contributed by atoms with Crippen molar-refractivity contribution in [2.75, 3.05) is 0 Å². The largest absolute Gasteiger partial charge is 0.508 e. The molecule has 0 saturated heterocycles. The molecule has 1 atom stereocenters. The van der Waals surface area contributed by atoms with Gasteiger partial charge in [0.05, 0.1) is 12.0 Å². The van der Waals surface area contributed by atoms with Crippen LogP contribution in [-0.4, -0.2) is 15.3 Å². The van der Waals surface area contributed by atoms with Crippen LogP contribution in [0.5, 0.6) is 5.75 Å². The zero-order chi connectivity index (χ0) is 16.3. The molecule has 0 aliphatic heterocycles. The van der Waals surface area contributed by atoms with Crippen LogP contribution in [-0.2, 0) is 18.4 Å². The number of hydrogen-bond donors (Lipinski definition) is 2. The van der Waals surface area contributed by atoms with E-state index in [4.69, 9.17) is 10.2 Å². The summed E-state index contributed by atoms with van der Waals surface area (Å²) in [6, 6.07) is 17.0. The first-order valence-corrected chi connectivity index (χ1v) is 7.46. The number of phenolic OH excluding ortho intramolecular Hbond substituents is 1. The molecule has 118 valence electrons. The van der Waals surface area contributed by atoms with Crippen LogP contribution in [0.25, 0.3) is 0 Å². The van der Waals surface area contributed by atoms with E-state index in [1.165, 1.54) is 0 Å². The summed E-state index contributed by atoms with van der Waals surface area (Å²) in [6.07, 6.45) is 1.07. The van der Waals surface area contributed by atoms with Crippen LogP contribution in [0.2, 0.25) is 0 Å². The lowest BCUT2D eigenvalue weighted by atomic mass is 9.94. The molecule has 3 N–H and O–H groups in total. The molecule has 0 unspecified atom stereocenters. The average Bonchev–Trinajstić information content (AvgIpc) is 2.97. The predicted molar refractivity (Wildman–Crippen MR) is 86.9 cm³/mol. The van der Waals surface area contributed by atoms with Crippen LogP contribution < -0.4 is 5.73 Å². The first kappa shape index (κ1) is 15.2. The number of nitrogens with zero attached hydrogens (tertiary/aromatic N) is 2. The highest BCUT2D eigenvalue weighted by Gasteiger charge is 2.28. The van der Waals surface area contributed by atoms with Gasteiger partial charge in [0.2, 0.25) is 11.8 Å². The van der Waals surface area contributed by atoms with Gasteiger partial charge in [-0.15, -0.1) is 10.2 Å². The van der Waals surface area contributed by atoms with Gasteiger partial charge in [-0.25, -0.2) is 0 Å². The van der Waals surface area contributed by atoms with Crippen molar-refractivity contribution in [1.82, 2.24) is 10.2 Å². The van der Waals surface area contributed by atoms with E-state index in [-0.39, 0.29) is 5.75 Å². The van der Waals surface area contributed by atoms with Crippen molar-refractivity contribution < 1.29 is 9.52 Å². The van der Waals surface area contributed by atoms with Crippen molar-refractivity contribution in [2.45, 2.75) is 25.3 Å². The summed E-state index contributed by atoms with van der Waals surface area (Å²) in [5.74, 6) is 1.11. The summed E-state index contributed by atoms with van der Waals surface area (Å²) in [5.41, 5.74) is 7.65. The molecule has 23 heavy (non-hydrogen) atoms. The molecule has 1 heterocycles. The van der Waals surface area contributed by atoms with Gasteiger partial charge in [0.25, 0.3) is 0 Å². The number of rotatable bonds is 5. The first-order chi connectivity index (χ1) is 11.0. The van der Waals surface area contributed by atoms with Crippen LogP contribution in [0.15, 0.2) is 59.0 Å². The Balaban J connectivity index is 1.75. The number of hydrogen-bond acceptors (Lipinski definition) is 5. The van der Waals surface area contributed by atoms with E-state index < -0.39 is 5.54 Å². The quantitative estimate of drug-likeness (QED) is 0.757. The summed E-state index contributed by atoms with van der Waals surface area (Å²) in [7, 11) is 0. The molecule has 3 aromatic rings. The van der Waals surface area contributed by atoms with Crippen molar-refractivity contribution in [3.05, 3.63) is 77.5 Å². The second-order valence-electron chi connectivity index (χ2n) is 5.93. The predicted octanol–water partition coefficient (Wildman–Crippen LogP) is 2.78. The van der Waals surface area contributed by atoms with E-state index in [1.807, 2.05) is 43.3 Å². The van der Waals surface area contributed by atoms with Crippen molar-refractivity contribution in [1.29, 1.82) is 0 Å². The number of benzene rings is 2. The maximum atomic E-state index is 9.50. The summed E-state index contributed by atoms with van der Waals surface area (Å²) in [4.78, 5) is 0. The van der Waals surface area contributed by atoms with Crippen LogP contribution in [0, 0.1) is 0 Å². The van der Waals surface area contributed by atoms with Gasteiger partial charge in [-0.3, -0.25) is 0 Å². The molecule has 0 fully saturated rings. The third-order valence-corrected chi connectivity index (χ3v) is 3.64. The number of aromatic nitrogens is 2. The lowest BCUT2D eigenvalue weighted by Crippen LogP contribution is -2.35. The van der Waals surface area contributed by atoms with E-state index in [2.05, 4.69) is 10.2 Å². The van der Waals surface area contributed by atoms with Crippen LogP contribution >= 0.6 is 0 Å². The third kappa shape index (κ3) is 3.76. The Morgan fingerprint density at radius 3 is 2.52 bits per heavy atom. The Bertz CT molecular complexity index is 782. The van der Waals surface area contributed by atoms with Crippen molar-refractivity contribution in [3.63, 3.8) is 0 Å². The maximum Gasteiger partial charge on any atom is 0.236 e. The fourth-order valence-corrected chi connectivity index (χ4v) is 2.49. The molecule has 2 aromatic carbocycles. The standard InChI is InChI=1S/C18H19N3O2/c1-18(19,12-13-6-3-2-4-7-13)17-21-20-16(23-17)11-14-8-5-9-15(22)10-14/h2-10,22H,11-12,19H2,1H3/t18-/m0/s1. The number of aromatic hydroxyl groups is 1. The molecule has 0 spiro atoms. The van der Waals surface area contributed by atoms with Crippen LogP contribution in [0.3, 0.4) is 0 Å². The van der Waals surface area contributed by atoms with Gasteiger partial charge in [0, 0.05) is 0 Å². The van der Waals surface area contributed by atoms with E-state index in [9.17, 15) is 5.11 Å².